The quantitative estimate of drug-likeness (QED) is 0.316. The first-order valence-electron chi connectivity index (χ1n) is 10.2. The number of benzene rings is 4. The second kappa shape index (κ2) is 8.06. The summed E-state index contributed by atoms with van der Waals surface area (Å²) in [5, 5.41) is 5.06. The molecule has 1 unspecified atom stereocenters. The predicted octanol–water partition coefficient (Wildman–Crippen LogP) is 7.72. The van der Waals surface area contributed by atoms with Crippen molar-refractivity contribution in [1.29, 1.82) is 0 Å². The van der Waals surface area contributed by atoms with Gasteiger partial charge in [0, 0.05) is 5.56 Å². The fourth-order valence-electron chi connectivity index (χ4n) is 4.15. The van der Waals surface area contributed by atoms with Crippen LogP contribution in [0.15, 0.2) is 78.9 Å². The number of hydrogen-bond acceptors (Lipinski definition) is 1. The van der Waals surface area contributed by atoms with Gasteiger partial charge in [-0.2, -0.15) is 0 Å². The van der Waals surface area contributed by atoms with Crippen LogP contribution in [-0.4, -0.2) is 0 Å². The summed E-state index contributed by atoms with van der Waals surface area (Å²) in [6.45, 7) is 7.44. The van der Waals surface area contributed by atoms with E-state index < -0.39 is 0 Å². The van der Waals surface area contributed by atoms with Crippen LogP contribution < -0.4 is 4.74 Å². The summed E-state index contributed by atoms with van der Waals surface area (Å²) in [6, 6.07) is 28.0. The maximum atomic E-state index is 6.22. The lowest BCUT2D eigenvalue weighted by Crippen LogP contribution is -2.00. The highest BCUT2D eigenvalue weighted by Gasteiger charge is 2.10. The Morgan fingerprint density at radius 2 is 1.29 bits per heavy atom. The number of hydrogen-bond donors (Lipinski definition) is 0. The average molecular weight is 369 g/mol. The molecule has 4 rings (SSSR count). The largest absolute Gasteiger partial charge is 0.489 e. The van der Waals surface area contributed by atoms with Crippen LogP contribution in [0.1, 0.15) is 44.2 Å². The Morgan fingerprint density at radius 1 is 0.714 bits per heavy atom. The molecule has 4 aromatic rings. The van der Waals surface area contributed by atoms with Crippen LogP contribution in [0.2, 0.25) is 0 Å². The third-order valence-corrected chi connectivity index (χ3v) is 5.54. The minimum Gasteiger partial charge on any atom is -0.489 e. The Bertz CT molecular complexity index is 1020. The molecule has 0 aliphatic heterocycles. The topological polar surface area (TPSA) is 9.23 Å². The van der Waals surface area contributed by atoms with Gasteiger partial charge in [-0.3, -0.25) is 0 Å². The summed E-state index contributed by atoms with van der Waals surface area (Å²) < 4.78 is 6.22. The minimum atomic E-state index is 0.572. The molecule has 1 atom stereocenters. The van der Waals surface area contributed by atoms with Gasteiger partial charge in [-0.05, 0) is 63.6 Å². The molecule has 0 amide bonds. The average Bonchev–Trinajstić information content (AvgIpc) is 2.71. The van der Waals surface area contributed by atoms with Gasteiger partial charge in [0.25, 0.3) is 0 Å². The fraction of sp³-hybridized carbons (Fsp3) is 0.259. The van der Waals surface area contributed by atoms with Gasteiger partial charge < -0.3 is 4.74 Å². The van der Waals surface area contributed by atoms with Crippen LogP contribution in [0.25, 0.3) is 21.5 Å². The van der Waals surface area contributed by atoms with Crippen molar-refractivity contribution in [2.24, 2.45) is 5.92 Å². The molecule has 0 N–H and O–H groups in total. The molecule has 142 valence electrons. The van der Waals surface area contributed by atoms with E-state index in [9.17, 15) is 0 Å². The van der Waals surface area contributed by atoms with E-state index >= 15 is 0 Å². The van der Waals surface area contributed by atoms with Gasteiger partial charge in [-0.1, -0.05) is 81.4 Å². The van der Waals surface area contributed by atoms with E-state index in [0.29, 0.717) is 18.4 Å². The van der Waals surface area contributed by atoms with Crippen LogP contribution in [-0.2, 0) is 6.61 Å². The van der Waals surface area contributed by atoms with Gasteiger partial charge in [0.2, 0.25) is 0 Å². The highest BCUT2D eigenvalue weighted by Crippen LogP contribution is 2.30. The van der Waals surface area contributed by atoms with Crippen molar-refractivity contribution in [2.45, 2.75) is 39.7 Å². The third-order valence-electron chi connectivity index (χ3n) is 5.54. The van der Waals surface area contributed by atoms with E-state index in [1.165, 1.54) is 39.1 Å². The molecule has 0 saturated carbocycles. The van der Waals surface area contributed by atoms with Crippen molar-refractivity contribution < 1.29 is 4.74 Å². The SMILES string of the molecule is CC(C)CC(C)c1ccc(OCc2c3ccccc3cc3ccccc23)cc1. The predicted molar refractivity (Wildman–Crippen MR) is 120 cm³/mol. The van der Waals surface area contributed by atoms with E-state index in [2.05, 4.69) is 99.6 Å². The molecule has 0 aromatic heterocycles. The fourth-order valence-corrected chi connectivity index (χ4v) is 4.15. The Kier molecular flexibility index (Phi) is 5.34. The second-order valence-electron chi connectivity index (χ2n) is 8.19. The number of fused-ring (bicyclic) bond motifs is 2. The first-order valence-corrected chi connectivity index (χ1v) is 10.2. The van der Waals surface area contributed by atoms with Gasteiger partial charge >= 0.3 is 0 Å². The molecule has 1 heteroatoms. The normalized spacial score (nSPS) is 12.6. The summed E-state index contributed by atoms with van der Waals surface area (Å²) in [5.41, 5.74) is 2.64. The molecule has 0 radical (unpaired) electrons. The zero-order chi connectivity index (χ0) is 19.5. The van der Waals surface area contributed by atoms with Gasteiger partial charge in [0.05, 0.1) is 0 Å². The summed E-state index contributed by atoms with van der Waals surface area (Å²) in [4.78, 5) is 0. The van der Waals surface area contributed by atoms with Crippen LogP contribution in [0, 0.1) is 5.92 Å². The van der Waals surface area contributed by atoms with Crippen LogP contribution in [0.5, 0.6) is 5.75 Å². The Labute approximate surface area is 168 Å². The highest BCUT2D eigenvalue weighted by molar-refractivity contribution is 6.02. The first-order chi connectivity index (χ1) is 13.6. The Morgan fingerprint density at radius 3 is 1.86 bits per heavy atom. The van der Waals surface area contributed by atoms with Gasteiger partial charge in [-0.25, -0.2) is 0 Å². The molecular formula is C27H28O. The van der Waals surface area contributed by atoms with Crippen molar-refractivity contribution in [3.05, 3.63) is 90.0 Å². The van der Waals surface area contributed by atoms with E-state index in [0.717, 1.165) is 5.75 Å². The lowest BCUT2D eigenvalue weighted by Gasteiger charge is -2.16. The van der Waals surface area contributed by atoms with Crippen molar-refractivity contribution >= 4 is 21.5 Å². The van der Waals surface area contributed by atoms with Crippen molar-refractivity contribution in [2.75, 3.05) is 0 Å². The van der Waals surface area contributed by atoms with Crippen LogP contribution in [0.3, 0.4) is 0 Å². The van der Waals surface area contributed by atoms with Gasteiger partial charge in [-0.15, -0.1) is 0 Å². The molecular weight excluding hydrogens is 340 g/mol. The van der Waals surface area contributed by atoms with Crippen molar-refractivity contribution in [3.63, 3.8) is 0 Å². The van der Waals surface area contributed by atoms with Crippen LogP contribution in [0.4, 0.5) is 0 Å². The zero-order valence-electron chi connectivity index (χ0n) is 17.0. The molecule has 4 aromatic carbocycles. The third kappa shape index (κ3) is 3.89. The minimum absolute atomic E-state index is 0.572. The highest BCUT2D eigenvalue weighted by atomic mass is 16.5. The van der Waals surface area contributed by atoms with Gasteiger partial charge in [0.1, 0.15) is 12.4 Å². The monoisotopic (exact) mass is 368 g/mol. The molecule has 28 heavy (non-hydrogen) atoms. The molecule has 0 aliphatic rings. The number of ether oxygens (including phenoxy) is 1. The second-order valence-corrected chi connectivity index (χ2v) is 8.19. The Hall–Kier alpha value is -2.80. The maximum Gasteiger partial charge on any atom is 0.119 e. The summed E-state index contributed by atoms with van der Waals surface area (Å²) >= 11 is 0. The summed E-state index contributed by atoms with van der Waals surface area (Å²) in [6.07, 6.45) is 1.21. The smallest absolute Gasteiger partial charge is 0.119 e. The molecule has 0 fully saturated rings. The lowest BCUT2D eigenvalue weighted by atomic mass is 9.92. The number of rotatable bonds is 6. The van der Waals surface area contributed by atoms with E-state index in [1.54, 1.807) is 0 Å². The van der Waals surface area contributed by atoms with Gasteiger partial charge in [0.15, 0.2) is 0 Å². The van der Waals surface area contributed by atoms with E-state index in [4.69, 9.17) is 4.74 Å². The maximum absolute atomic E-state index is 6.22. The molecule has 0 bridgehead atoms. The molecule has 0 aliphatic carbocycles. The van der Waals surface area contributed by atoms with E-state index in [1.807, 2.05) is 0 Å². The molecule has 1 nitrogen and oxygen atoms in total. The summed E-state index contributed by atoms with van der Waals surface area (Å²) in [5.74, 6) is 2.22. The summed E-state index contributed by atoms with van der Waals surface area (Å²) in [7, 11) is 0. The first kappa shape index (κ1) is 18.6. The van der Waals surface area contributed by atoms with Crippen molar-refractivity contribution in [3.8, 4) is 5.75 Å². The lowest BCUT2D eigenvalue weighted by molar-refractivity contribution is 0.309. The van der Waals surface area contributed by atoms with E-state index in [-0.39, 0.29) is 0 Å². The molecule has 0 spiro atoms. The van der Waals surface area contributed by atoms with Crippen LogP contribution >= 0.6 is 0 Å². The van der Waals surface area contributed by atoms with Crippen molar-refractivity contribution in [1.82, 2.24) is 0 Å². The standard InChI is InChI=1S/C27H28O/c1-19(2)16-20(3)21-12-14-24(15-13-21)28-18-27-25-10-6-4-8-22(25)17-23-9-5-7-11-26(23)27/h4-15,17,19-20H,16,18H2,1-3H3. The zero-order valence-corrected chi connectivity index (χ0v) is 17.0. The molecule has 0 heterocycles. The molecule has 0 saturated heterocycles. The Balaban J connectivity index is 1.60.